The minimum Gasteiger partial charge on any atom is -0.432 e. The van der Waals surface area contributed by atoms with Gasteiger partial charge in [0.15, 0.2) is 0 Å². The molecule has 0 fully saturated rings. The highest BCUT2D eigenvalue weighted by molar-refractivity contribution is 5.87. The van der Waals surface area contributed by atoms with Crippen molar-refractivity contribution < 1.29 is 9.53 Å². The van der Waals surface area contributed by atoms with E-state index in [2.05, 4.69) is 16.3 Å². The largest absolute Gasteiger partial charge is 0.432 e. The Kier molecular flexibility index (Phi) is 3.45. The number of rotatable bonds is 3. The minimum atomic E-state index is -0.458. The van der Waals surface area contributed by atoms with Gasteiger partial charge in [-0.25, -0.2) is 4.79 Å². The van der Waals surface area contributed by atoms with E-state index in [0.717, 1.165) is 6.26 Å². The second kappa shape index (κ2) is 4.87. The van der Waals surface area contributed by atoms with Crippen LogP contribution in [-0.4, -0.2) is 11.0 Å². The first kappa shape index (κ1) is 9.19. The van der Waals surface area contributed by atoms with Crippen LogP contribution in [0.2, 0.25) is 0 Å². The van der Waals surface area contributed by atoms with E-state index in [1.54, 1.807) is 24.4 Å². The molecule has 1 aromatic heterocycles. The standard InChI is InChI=1S/C10H9NO2/c1-2-13-10(12)7-6-9-5-3-4-8-11-9/h2-8H,1H2. The number of carbonyl (C=O) groups is 1. The number of hydrogen-bond acceptors (Lipinski definition) is 3. The third-order valence-electron chi connectivity index (χ3n) is 1.28. The summed E-state index contributed by atoms with van der Waals surface area (Å²) in [7, 11) is 0. The van der Waals surface area contributed by atoms with E-state index in [0.29, 0.717) is 5.69 Å². The molecule has 0 unspecified atom stereocenters. The second-order valence-corrected chi connectivity index (χ2v) is 2.19. The van der Waals surface area contributed by atoms with Gasteiger partial charge < -0.3 is 4.74 Å². The highest BCUT2D eigenvalue weighted by Crippen LogP contribution is 1.96. The van der Waals surface area contributed by atoms with Gasteiger partial charge in [0.05, 0.1) is 12.0 Å². The average Bonchev–Trinajstić information content (AvgIpc) is 2.17. The smallest absolute Gasteiger partial charge is 0.335 e. The van der Waals surface area contributed by atoms with Crippen molar-refractivity contribution in [2.24, 2.45) is 0 Å². The summed E-state index contributed by atoms with van der Waals surface area (Å²) in [6.07, 6.45) is 5.61. The molecule has 0 spiro atoms. The lowest BCUT2D eigenvalue weighted by atomic mass is 10.3. The van der Waals surface area contributed by atoms with E-state index >= 15 is 0 Å². The number of pyridine rings is 1. The van der Waals surface area contributed by atoms with E-state index < -0.39 is 5.97 Å². The maximum absolute atomic E-state index is 10.8. The molecule has 3 nitrogen and oxygen atoms in total. The van der Waals surface area contributed by atoms with Crippen LogP contribution in [-0.2, 0) is 9.53 Å². The van der Waals surface area contributed by atoms with Gasteiger partial charge in [0.1, 0.15) is 0 Å². The van der Waals surface area contributed by atoms with E-state index in [1.807, 2.05) is 6.07 Å². The van der Waals surface area contributed by atoms with Crippen LogP contribution >= 0.6 is 0 Å². The highest BCUT2D eigenvalue weighted by Gasteiger charge is 1.92. The summed E-state index contributed by atoms with van der Waals surface area (Å²) in [6, 6.07) is 5.43. The molecule has 0 amide bonds. The summed E-state index contributed by atoms with van der Waals surface area (Å²) in [5, 5.41) is 0. The summed E-state index contributed by atoms with van der Waals surface area (Å²) in [5.74, 6) is -0.458. The molecule has 0 radical (unpaired) electrons. The Labute approximate surface area is 76.4 Å². The van der Waals surface area contributed by atoms with Crippen LogP contribution in [0.4, 0.5) is 0 Å². The third-order valence-corrected chi connectivity index (χ3v) is 1.28. The van der Waals surface area contributed by atoms with Crippen molar-refractivity contribution in [3.63, 3.8) is 0 Å². The normalized spacial score (nSPS) is 9.85. The molecule has 0 saturated heterocycles. The minimum absolute atomic E-state index is 0.458. The molecular weight excluding hydrogens is 166 g/mol. The van der Waals surface area contributed by atoms with Gasteiger partial charge in [-0.3, -0.25) is 4.98 Å². The van der Waals surface area contributed by atoms with Crippen molar-refractivity contribution in [1.29, 1.82) is 0 Å². The van der Waals surface area contributed by atoms with Crippen molar-refractivity contribution in [2.75, 3.05) is 0 Å². The fourth-order valence-electron chi connectivity index (χ4n) is 0.749. The molecule has 13 heavy (non-hydrogen) atoms. The second-order valence-electron chi connectivity index (χ2n) is 2.19. The number of nitrogens with zero attached hydrogens (tertiary/aromatic N) is 1. The summed E-state index contributed by atoms with van der Waals surface area (Å²) in [6.45, 7) is 3.26. The van der Waals surface area contributed by atoms with Crippen LogP contribution in [0.5, 0.6) is 0 Å². The van der Waals surface area contributed by atoms with Gasteiger partial charge in [0.2, 0.25) is 0 Å². The van der Waals surface area contributed by atoms with Gasteiger partial charge in [-0.05, 0) is 18.2 Å². The third kappa shape index (κ3) is 3.33. The Balaban J connectivity index is 2.58. The number of aromatic nitrogens is 1. The molecule has 1 aromatic rings. The van der Waals surface area contributed by atoms with Gasteiger partial charge >= 0.3 is 5.97 Å². The first-order valence-electron chi connectivity index (χ1n) is 3.73. The van der Waals surface area contributed by atoms with Crippen LogP contribution in [0.1, 0.15) is 5.69 Å². The maximum atomic E-state index is 10.8. The number of carbonyl (C=O) groups excluding carboxylic acids is 1. The highest BCUT2D eigenvalue weighted by atomic mass is 16.5. The monoisotopic (exact) mass is 175 g/mol. The van der Waals surface area contributed by atoms with E-state index in [-0.39, 0.29) is 0 Å². The Morgan fingerprint density at radius 1 is 1.54 bits per heavy atom. The fourth-order valence-corrected chi connectivity index (χ4v) is 0.749. The van der Waals surface area contributed by atoms with Crippen molar-refractivity contribution in [3.8, 4) is 0 Å². The van der Waals surface area contributed by atoms with Gasteiger partial charge in [0, 0.05) is 12.3 Å². The van der Waals surface area contributed by atoms with E-state index in [4.69, 9.17) is 0 Å². The predicted octanol–water partition coefficient (Wildman–Crippen LogP) is 1.78. The van der Waals surface area contributed by atoms with Crippen molar-refractivity contribution >= 4 is 12.0 Å². The molecule has 0 aliphatic carbocycles. The van der Waals surface area contributed by atoms with E-state index in [1.165, 1.54) is 6.08 Å². The number of esters is 1. The van der Waals surface area contributed by atoms with Crippen LogP contribution < -0.4 is 0 Å². The van der Waals surface area contributed by atoms with Gasteiger partial charge in [-0.15, -0.1) is 0 Å². The lowest BCUT2D eigenvalue weighted by Gasteiger charge is -1.91. The summed E-state index contributed by atoms with van der Waals surface area (Å²) in [5.41, 5.74) is 0.712. The Morgan fingerprint density at radius 3 is 3.00 bits per heavy atom. The fraction of sp³-hybridized carbons (Fsp3) is 0. The molecule has 0 bridgehead atoms. The van der Waals surface area contributed by atoms with Crippen LogP contribution in [0, 0.1) is 0 Å². The van der Waals surface area contributed by atoms with Gasteiger partial charge in [0.25, 0.3) is 0 Å². The molecule has 0 saturated carbocycles. The van der Waals surface area contributed by atoms with Crippen LogP contribution in [0.15, 0.2) is 43.3 Å². The summed E-state index contributed by atoms with van der Waals surface area (Å²) in [4.78, 5) is 14.8. The van der Waals surface area contributed by atoms with Crippen molar-refractivity contribution in [1.82, 2.24) is 4.98 Å². The first-order chi connectivity index (χ1) is 6.33. The van der Waals surface area contributed by atoms with Crippen molar-refractivity contribution in [2.45, 2.75) is 0 Å². The molecule has 1 heterocycles. The van der Waals surface area contributed by atoms with Gasteiger partial charge in [-0.1, -0.05) is 12.6 Å². The molecule has 0 atom stereocenters. The topological polar surface area (TPSA) is 39.2 Å². The zero-order valence-corrected chi connectivity index (χ0v) is 7.01. The molecule has 0 aliphatic rings. The van der Waals surface area contributed by atoms with E-state index in [9.17, 15) is 4.79 Å². The predicted molar refractivity (Wildman–Crippen MR) is 49.6 cm³/mol. The lowest BCUT2D eigenvalue weighted by molar-refractivity contribution is -0.132. The molecule has 1 rings (SSSR count). The lowest BCUT2D eigenvalue weighted by Crippen LogP contribution is -1.92. The zero-order valence-electron chi connectivity index (χ0n) is 7.01. The first-order valence-corrected chi connectivity index (χ1v) is 3.73. The Morgan fingerprint density at radius 2 is 2.38 bits per heavy atom. The van der Waals surface area contributed by atoms with Gasteiger partial charge in [-0.2, -0.15) is 0 Å². The zero-order chi connectivity index (χ0) is 9.52. The molecule has 66 valence electrons. The molecule has 0 N–H and O–H groups in total. The molecule has 0 aliphatic heterocycles. The molecule has 0 aromatic carbocycles. The SMILES string of the molecule is C=COC(=O)C=Cc1ccccn1. The van der Waals surface area contributed by atoms with Crippen molar-refractivity contribution in [3.05, 3.63) is 49.0 Å². The quantitative estimate of drug-likeness (QED) is 0.399. The summed E-state index contributed by atoms with van der Waals surface area (Å²) >= 11 is 0. The van der Waals surface area contributed by atoms with Crippen LogP contribution in [0.25, 0.3) is 6.08 Å². The Bertz CT molecular complexity index is 317. The number of hydrogen-bond donors (Lipinski definition) is 0. The number of ether oxygens (including phenoxy) is 1. The molecular formula is C10H9NO2. The average molecular weight is 175 g/mol. The van der Waals surface area contributed by atoms with Crippen LogP contribution in [0.3, 0.4) is 0 Å². The molecule has 3 heteroatoms. The Hall–Kier alpha value is -1.90. The summed E-state index contributed by atoms with van der Waals surface area (Å²) < 4.78 is 4.47. The maximum Gasteiger partial charge on any atom is 0.335 e.